The van der Waals surface area contributed by atoms with Crippen molar-refractivity contribution in [2.45, 2.75) is 13.0 Å². The monoisotopic (exact) mass is 340 g/mol. The molecule has 25 heavy (non-hydrogen) atoms. The quantitative estimate of drug-likeness (QED) is 0.784. The van der Waals surface area contributed by atoms with Gasteiger partial charge in [-0.3, -0.25) is 14.6 Å². The third kappa shape index (κ3) is 4.72. The van der Waals surface area contributed by atoms with E-state index >= 15 is 0 Å². The van der Waals surface area contributed by atoms with E-state index < -0.39 is 0 Å². The summed E-state index contributed by atoms with van der Waals surface area (Å²) in [5, 5.41) is 2.75. The summed E-state index contributed by atoms with van der Waals surface area (Å²) in [7, 11) is 0. The van der Waals surface area contributed by atoms with E-state index in [0.717, 1.165) is 5.56 Å². The van der Waals surface area contributed by atoms with Crippen molar-refractivity contribution >= 4 is 17.8 Å². The summed E-state index contributed by atoms with van der Waals surface area (Å²) in [6, 6.07) is 5.45. The summed E-state index contributed by atoms with van der Waals surface area (Å²) in [6.45, 7) is 2.82. The molecule has 8 nitrogen and oxygen atoms in total. The number of rotatable bonds is 5. The molecule has 1 aliphatic rings. The van der Waals surface area contributed by atoms with E-state index in [1.807, 2.05) is 17.0 Å². The number of pyridine rings is 1. The van der Waals surface area contributed by atoms with Gasteiger partial charge in [-0.2, -0.15) is 0 Å². The number of carbonyl (C=O) groups is 2. The van der Waals surface area contributed by atoms with Crippen molar-refractivity contribution in [2.75, 3.05) is 31.1 Å². The summed E-state index contributed by atoms with van der Waals surface area (Å²) >= 11 is 0. The third-order valence-electron chi connectivity index (χ3n) is 3.99. The van der Waals surface area contributed by atoms with Gasteiger partial charge in [0.2, 0.25) is 17.8 Å². The number of hydrogen-bond donors (Lipinski definition) is 1. The zero-order chi connectivity index (χ0) is 17.5. The zero-order valence-electron chi connectivity index (χ0n) is 13.8. The van der Waals surface area contributed by atoms with Crippen molar-refractivity contribution in [3.8, 4) is 0 Å². The molecule has 130 valence electrons. The first-order chi connectivity index (χ1) is 12.2. The number of amides is 2. The molecular formula is C17H20N6O2. The van der Waals surface area contributed by atoms with Gasteiger partial charge in [-0.05, 0) is 17.7 Å². The molecule has 3 rings (SSSR count). The molecule has 0 aromatic carbocycles. The first kappa shape index (κ1) is 16.8. The van der Waals surface area contributed by atoms with Crippen LogP contribution in [0.15, 0.2) is 43.0 Å². The van der Waals surface area contributed by atoms with Crippen molar-refractivity contribution in [1.29, 1.82) is 0 Å². The van der Waals surface area contributed by atoms with E-state index in [0.29, 0.717) is 38.7 Å². The van der Waals surface area contributed by atoms with Crippen LogP contribution in [0.1, 0.15) is 12.0 Å². The third-order valence-corrected chi connectivity index (χ3v) is 3.99. The van der Waals surface area contributed by atoms with Crippen LogP contribution in [-0.2, 0) is 16.1 Å². The molecule has 2 aromatic heterocycles. The molecule has 1 saturated heterocycles. The lowest BCUT2D eigenvalue weighted by Crippen LogP contribution is -2.50. The first-order valence-electron chi connectivity index (χ1n) is 8.18. The fourth-order valence-electron chi connectivity index (χ4n) is 2.63. The molecule has 8 heteroatoms. The number of aromatic nitrogens is 3. The molecular weight excluding hydrogens is 320 g/mol. The first-order valence-corrected chi connectivity index (χ1v) is 8.18. The Bertz CT molecular complexity index is 702. The van der Waals surface area contributed by atoms with Gasteiger partial charge in [0.1, 0.15) is 6.42 Å². The van der Waals surface area contributed by atoms with Gasteiger partial charge in [-0.25, -0.2) is 9.97 Å². The van der Waals surface area contributed by atoms with Gasteiger partial charge >= 0.3 is 0 Å². The van der Waals surface area contributed by atoms with E-state index in [2.05, 4.69) is 20.3 Å². The number of nitrogens with one attached hydrogen (secondary N) is 1. The second kappa shape index (κ2) is 8.18. The predicted molar refractivity (Wildman–Crippen MR) is 91.5 cm³/mol. The Labute approximate surface area is 145 Å². The lowest BCUT2D eigenvalue weighted by Gasteiger charge is -2.34. The molecule has 3 heterocycles. The van der Waals surface area contributed by atoms with Crippen LogP contribution in [0.5, 0.6) is 0 Å². The van der Waals surface area contributed by atoms with Crippen LogP contribution in [-0.4, -0.2) is 57.8 Å². The summed E-state index contributed by atoms with van der Waals surface area (Å²) in [6.07, 6.45) is 6.63. The van der Waals surface area contributed by atoms with Gasteiger partial charge < -0.3 is 15.1 Å². The van der Waals surface area contributed by atoms with Crippen LogP contribution in [0.2, 0.25) is 0 Å². The van der Waals surface area contributed by atoms with E-state index in [9.17, 15) is 9.59 Å². The Balaban J connectivity index is 1.42. The standard InChI is InChI=1S/C17H20N6O2/c24-15(21-13-14-3-1-4-18-12-14)11-16(25)22-7-9-23(10-8-22)17-19-5-2-6-20-17/h1-6,12H,7-11,13H2,(H,21,24). The summed E-state index contributed by atoms with van der Waals surface area (Å²) < 4.78 is 0. The molecule has 0 saturated carbocycles. The Hall–Kier alpha value is -3.03. The lowest BCUT2D eigenvalue weighted by atomic mass is 10.2. The highest BCUT2D eigenvalue weighted by atomic mass is 16.2. The summed E-state index contributed by atoms with van der Waals surface area (Å²) in [4.78, 5) is 40.4. The van der Waals surface area contributed by atoms with Gasteiger partial charge in [0.25, 0.3) is 0 Å². The number of hydrogen-bond acceptors (Lipinski definition) is 6. The van der Waals surface area contributed by atoms with E-state index in [-0.39, 0.29) is 18.2 Å². The van der Waals surface area contributed by atoms with Crippen LogP contribution in [0.3, 0.4) is 0 Å². The average Bonchev–Trinajstić information content (AvgIpc) is 2.68. The topological polar surface area (TPSA) is 91.3 Å². The molecule has 0 bridgehead atoms. The van der Waals surface area contributed by atoms with Gasteiger partial charge in [0, 0.05) is 57.5 Å². The molecule has 2 aromatic rings. The fraction of sp³-hybridized carbons (Fsp3) is 0.353. The second-order valence-corrected chi connectivity index (χ2v) is 5.73. The van der Waals surface area contributed by atoms with E-state index in [1.165, 1.54) is 0 Å². The van der Waals surface area contributed by atoms with Crippen LogP contribution in [0.25, 0.3) is 0 Å². The number of piperazine rings is 1. The summed E-state index contributed by atoms with van der Waals surface area (Å²) in [5.74, 6) is 0.240. The maximum Gasteiger partial charge on any atom is 0.232 e. The van der Waals surface area contributed by atoms with Gasteiger partial charge in [0.15, 0.2) is 0 Å². The Kier molecular flexibility index (Phi) is 5.50. The molecule has 0 unspecified atom stereocenters. The second-order valence-electron chi connectivity index (χ2n) is 5.73. The molecule has 0 atom stereocenters. The number of nitrogens with zero attached hydrogens (tertiary/aromatic N) is 5. The molecule has 2 amide bonds. The Morgan fingerprint density at radius 1 is 1.04 bits per heavy atom. The van der Waals surface area contributed by atoms with Gasteiger partial charge in [-0.1, -0.05) is 6.07 Å². The van der Waals surface area contributed by atoms with Gasteiger partial charge in [0.05, 0.1) is 0 Å². The normalized spacial score (nSPS) is 14.2. The molecule has 1 fully saturated rings. The maximum atomic E-state index is 12.3. The minimum absolute atomic E-state index is 0.137. The van der Waals surface area contributed by atoms with Crippen LogP contribution in [0.4, 0.5) is 5.95 Å². The Morgan fingerprint density at radius 3 is 2.48 bits per heavy atom. The molecule has 0 aliphatic carbocycles. The minimum Gasteiger partial charge on any atom is -0.352 e. The molecule has 0 radical (unpaired) electrons. The number of carbonyl (C=O) groups excluding carboxylic acids is 2. The van der Waals surface area contributed by atoms with Crippen LogP contribution in [0, 0.1) is 0 Å². The van der Waals surface area contributed by atoms with Crippen LogP contribution < -0.4 is 10.2 Å². The summed E-state index contributed by atoms with van der Waals surface area (Å²) in [5.41, 5.74) is 0.903. The fourth-order valence-corrected chi connectivity index (χ4v) is 2.63. The SMILES string of the molecule is O=C(CC(=O)N1CCN(c2ncccn2)CC1)NCc1cccnc1. The van der Waals surface area contributed by atoms with Crippen molar-refractivity contribution < 1.29 is 9.59 Å². The highest BCUT2D eigenvalue weighted by molar-refractivity contribution is 5.96. The minimum atomic E-state index is -0.275. The highest BCUT2D eigenvalue weighted by Gasteiger charge is 2.23. The molecule has 1 N–H and O–H groups in total. The lowest BCUT2D eigenvalue weighted by molar-refractivity contribution is -0.136. The van der Waals surface area contributed by atoms with Crippen molar-refractivity contribution in [3.63, 3.8) is 0 Å². The van der Waals surface area contributed by atoms with Crippen molar-refractivity contribution in [2.24, 2.45) is 0 Å². The average molecular weight is 340 g/mol. The van der Waals surface area contributed by atoms with E-state index in [4.69, 9.17) is 0 Å². The Morgan fingerprint density at radius 2 is 1.80 bits per heavy atom. The van der Waals surface area contributed by atoms with Crippen molar-refractivity contribution in [1.82, 2.24) is 25.2 Å². The molecule has 0 spiro atoms. The smallest absolute Gasteiger partial charge is 0.232 e. The van der Waals surface area contributed by atoms with Crippen molar-refractivity contribution in [3.05, 3.63) is 48.5 Å². The van der Waals surface area contributed by atoms with Crippen LogP contribution >= 0.6 is 0 Å². The maximum absolute atomic E-state index is 12.3. The van der Waals surface area contributed by atoms with Gasteiger partial charge in [-0.15, -0.1) is 0 Å². The molecule has 1 aliphatic heterocycles. The number of anilines is 1. The highest BCUT2D eigenvalue weighted by Crippen LogP contribution is 2.10. The van der Waals surface area contributed by atoms with E-state index in [1.54, 1.807) is 35.8 Å². The largest absolute Gasteiger partial charge is 0.352 e. The predicted octanol–water partition coefficient (Wildman–Crippen LogP) is 0.227. The zero-order valence-corrected chi connectivity index (χ0v) is 13.8.